The molecule has 19 heavy (non-hydrogen) atoms. The Kier molecular flexibility index (Phi) is 6.48. The molecule has 3 N–H and O–H groups in total. The molecule has 5 heteroatoms. The number of nitrogens with one attached hydrogen (secondary N) is 1. The van der Waals surface area contributed by atoms with Crippen LogP contribution in [-0.2, 0) is 16.4 Å². The molecule has 0 aliphatic rings. The molecule has 0 spiro atoms. The SMILES string of the molecule is CCCc1ccc(C(C)NCCCS(N)(=O)=O)cc1. The highest BCUT2D eigenvalue weighted by Crippen LogP contribution is 2.14. The molecule has 1 rings (SSSR count). The maximum atomic E-state index is 10.8. The van der Waals surface area contributed by atoms with Gasteiger partial charge in [-0.3, -0.25) is 0 Å². The van der Waals surface area contributed by atoms with Gasteiger partial charge in [-0.2, -0.15) is 0 Å². The number of nitrogens with two attached hydrogens (primary N) is 1. The molecule has 1 unspecified atom stereocenters. The van der Waals surface area contributed by atoms with Crippen molar-refractivity contribution in [2.24, 2.45) is 5.14 Å². The Bertz CT molecular complexity index is 469. The van der Waals surface area contributed by atoms with Gasteiger partial charge in [0, 0.05) is 6.04 Å². The van der Waals surface area contributed by atoms with E-state index in [2.05, 4.69) is 43.4 Å². The third-order valence-corrected chi connectivity index (χ3v) is 3.93. The van der Waals surface area contributed by atoms with Gasteiger partial charge in [-0.05, 0) is 37.4 Å². The maximum Gasteiger partial charge on any atom is 0.209 e. The van der Waals surface area contributed by atoms with Crippen molar-refractivity contribution < 1.29 is 8.42 Å². The summed E-state index contributed by atoms with van der Waals surface area (Å²) in [4.78, 5) is 0. The van der Waals surface area contributed by atoms with Gasteiger partial charge in [-0.1, -0.05) is 37.6 Å². The fraction of sp³-hybridized carbons (Fsp3) is 0.571. The number of primary sulfonamides is 1. The molecular formula is C14H24N2O2S. The van der Waals surface area contributed by atoms with Crippen molar-refractivity contribution in [3.8, 4) is 0 Å². The second-order valence-electron chi connectivity index (χ2n) is 4.89. The van der Waals surface area contributed by atoms with E-state index in [9.17, 15) is 8.42 Å². The first kappa shape index (κ1) is 16.1. The minimum atomic E-state index is -3.34. The molecule has 1 aromatic rings. The van der Waals surface area contributed by atoms with Gasteiger partial charge in [0.15, 0.2) is 0 Å². The fourth-order valence-corrected chi connectivity index (χ4v) is 2.52. The topological polar surface area (TPSA) is 72.2 Å². The average Bonchev–Trinajstić information content (AvgIpc) is 2.34. The lowest BCUT2D eigenvalue weighted by molar-refractivity contribution is 0.560. The van der Waals surface area contributed by atoms with Crippen molar-refractivity contribution in [3.63, 3.8) is 0 Å². The standard InChI is InChI=1S/C14H24N2O2S/c1-3-5-13-6-8-14(9-7-13)12(2)16-10-4-11-19(15,17)18/h6-9,12,16H,3-5,10-11H2,1-2H3,(H2,15,17,18). The van der Waals surface area contributed by atoms with E-state index in [0.29, 0.717) is 13.0 Å². The van der Waals surface area contributed by atoms with Crippen LogP contribution in [0.2, 0.25) is 0 Å². The summed E-state index contributed by atoms with van der Waals surface area (Å²) in [7, 11) is -3.34. The van der Waals surface area contributed by atoms with Gasteiger partial charge in [0.2, 0.25) is 10.0 Å². The summed E-state index contributed by atoms with van der Waals surface area (Å²) in [5, 5.41) is 8.26. The van der Waals surface area contributed by atoms with Crippen LogP contribution in [0.4, 0.5) is 0 Å². The van der Waals surface area contributed by atoms with E-state index >= 15 is 0 Å². The first-order chi connectivity index (χ1) is 8.92. The van der Waals surface area contributed by atoms with Crippen molar-refractivity contribution in [1.82, 2.24) is 5.32 Å². The number of benzene rings is 1. The molecule has 108 valence electrons. The van der Waals surface area contributed by atoms with Gasteiger partial charge in [-0.15, -0.1) is 0 Å². The van der Waals surface area contributed by atoms with Crippen molar-refractivity contribution >= 4 is 10.0 Å². The van der Waals surface area contributed by atoms with Gasteiger partial charge in [0.1, 0.15) is 0 Å². The molecule has 1 aromatic carbocycles. The van der Waals surface area contributed by atoms with Crippen LogP contribution in [-0.4, -0.2) is 20.7 Å². The molecule has 0 saturated heterocycles. The van der Waals surface area contributed by atoms with E-state index in [1.54, 1.807) is 0 Å². The molecule has 0 aliphatic carbocycles. The quantitative estimate of drug-likeness (QED) is 0.717. The Morgan fingerprint density at radius 3 is 2.42 bits per heavy atom. The van der Waals surface area contributed by atoms with Crippen LogP contribution < -0.4 is 10.5 Å². The van der Waals surface area contributed by atoms with Crippen LogP contribution in [0.1, 0.15) is 43.9 Å². The summed E-state index contributed by atoms with van der Waals surface area (Å²) < 4.78 is 21.6. The molecule has 4 nitrogen and oxygen atoms in total. The molecule has 0 aromatic heterocycles. The Morgan fingerprint density at radius 2 is 1.89 bits per heavy atom. The van der Waals surface area contributed by atoms with Crippen molar-refractivity contribution in [2.45, 2.75) is 39.2 Å². The van der Waals surface area contributed by atoms with Crippen LogP contribution in [0, 0.1) is 0 Å². The second-order valence-corrected chi connectivity index (χ2v) is 6.62. The Balaban J connectivity index is 2.38. The molecule has 0 bridgehead atoms. The van der Waals surface area contributed by atoms with Gasteiger partial charge >= 0.3 is 0 Å². The summed E-state index contributed by atoms with van der Waals surface area (Å²) in [6, 6.07) is 8.78. The lowest BCUT2D eigenvalue weighted by Gasteiger charge is -2.14. The monoisotopic (exact) mass is 284 g/mol. The summed E-state index contributed by atoms with van der Waals surface area (Å²) in [6.07, 6.45) is 2.80. The van der Waals surface area contributed by atoms with Crippen molar-refractivity contribution in [3.05, 3.63) is 35.4 Å². The first-order valence-corrected chi connectivity index (χ1v) is 8.46. The predicted octanol–water partition coefficient (Wildman–Crippen LogP) is 1.97. The van der Waals surface area contributed by atoms with Crippen LogP contribution >= 0.6 is 0 Å². The highest BCUT2D eigenvalue weighted by molar-refractivity contribution is 7.89. The number of hydrogen-bond acceptors (Lipinski definition) is 3. The van der Waals surface area contributed by atoms with Crippen molar-refractivity contribution in [1.29, 1.82) is 0 Å². The zero-order valence-corrected chi connectivity index (χ0v) is 12.5. The summed E-state index contributed by atoms with van der Waals surface area (Å²) in [6.45, 7) is 4.89. The predicted molar refractivity (Wildman–Crippen MR) is 79.4 cm³/mol. The van der Waals surface area contributed by atoms with Crippen molar-refractivity contribution in [2.75, 3.05) is 12.3 Å². The summed E-state index contributed by atoms with van der Waals surface area (Å²) >= 11 is 0. The molecule has 0 amide bonds. The van der Waals surface area contributed by atoms with Crippen LogP contribution in [0.3, 0.4) is 0 Å². The minimum absolute atomic E-state index is 0.0299. The summed E-state index contributed by atoms with van der Waals surface area (Å²) in [5.41, 5.74) is 2.57. The largest absolute Gasteiger partial charge is 0.310 e. The average molecular weight is 284 g/mol. The fourth-order valence-electron chi connectivity index (χ4n) is 1.97. The van der Waals surface area contributed by atoms with E-state index in [-0.39, 0.29) is 11.8 Å². The minimum Gasteiger partial charge on any atom is -0.310 e. The van der Waals surface area contributed by atoms with E-state index in [1.807, 2.05) is 0 Å². The molecular weight excluding hydrogens is 260 g/mol. The number of hydrogen-bond donors (Lipinski definition) is 2. The summed E-state index contributed by atoms with van der Waals surface area (Å²) in [5.74, 6) is 0.0299. The Labute approximate surface area is 116 Å². The number of sulfonamides is 1. The van der Waals surface area contributed by atoms with E-state index in [1.165, 1.54) is 11.1 Å². The molecule has 0 heterocycles. The normalized spacial score (nSPS) is 13.4. The lowest BCUT2D eigenvalue weighted by Crippen LogP contribution is -2.24. The molecule has 0 fully saturated rings. The van der Waals surface area contributed by atoms with E-state index < -0.39 is 10.0 Å². The molecule has 0 radical (unpaired) electrons. The third-order valence-electron chi connectivity index (χ3n) is 3.07. The van der Waals surface area contributed by atoms with Crippen LogP contribution in [0.25, 0.3) is 0 Å². The van der Waals surface area contributed by atoms with Crippen LogP contribution in [0.5, 0.6) is 0 Å². The van der Waals surface area contributed by atoms with E-state index in [0.717, 1.165) is 12.8 Å². The Hall–Kier alpha value is -0.910. The Morgan fingerprint density at radius 1 is 1.26 bits per heavy atom. The second kappa shape index (κ2) is 7.62. The van der Waals surface area contributed by atoms with Crippen LogP contribution in [0.15, 0.2) is 24.3 Å². The zero-order chi connectivity index (χ0) is 14.3. The zero-order valence-electron chi connectivity index (χ0n) is 11.7. The number of rotatable bonds is 8. The highest BCUT2D eigenvalue weighted by Gasteiger charge is 2.06. The highest BCUT2D eigenvalue weighted by atomic mass is 32.2. The van der Waals surface area contributed by atoms with Gasteiger partial charge < -0.3 is 5.32 Å². The van der Waals surface area contributed by atoms with Gasteiger partial charge in [0.25, 0.3) is 0 Å². The maximum absolute atomic E-state index is 10.8. The van der Waals surface area contributed by atoms with Gasteiger partial charge in [-0.25, -0.2) is 13.6 Å². The molecule has 0 saturated carbocycles. The number of aryl methyl sites for hydroxylation is 1. The third kappa shape index (κ3) is 6.71. The van der Waals surface area contributed by atoms with Gasteiger partial charge in [0.05, 0.1) is 5.75 Å². The molecule has 1 atom stereocenters. The molecule has 0 aliphatic heterocycles. The van der Waals surface area contributed by atoms with E-state index in [4.69, 9.17) is 5.14 Å². The lowest BCUT2D eigenvalue weighted by atomic mass is 10.0. The smallest absolute Gasteiger partial charge is 0.209 e. The first-order valence-electron chi connectivity index (χ1n) is 6.75.